The van der Waals surface area contributed by atoms with Gasteiger partial charge in [0.1, 0.15) is 0 Å². The number of aryl methyl sites for hydroxylation is 1. The second-order valence-corrected chi connectivity index (χ2v) is 5.28. The molecule has 19 heavy (non-hydrogen) atoms. The van der Waals surface area contributed by atoms with E-state index in [9.17, 15) is 4.79 Å². The fourth-order valence-corrected chi connectivity index (χ4v) is 2.00. The quantitative estimate of drug-likeness (QED) is 0.819. The fraction of sp³-hybridized carbons (Fsp3) is 0.133. The number of carbonyl (C=O) groups excluding carboxylic acids is 1. The third-order valence-electron chi connectivity index (χ3n) is 2.76. The van der Waals surface area contributed by atoms with E-state index >= 15 is 0 Å². The number of anilines is 1. The van der Waals surface area contributed by atoms with Crippen LogP contribution in [-0.4, -0.2) is 5.91 Å². The van der Waals surface area contributed by atoms with E-state index < -0.39 is 0 Å². The Kier molecular flexibility index (Phi) is 4.51. The summed E-state index contributed by atoms with van der Waals surface area (Å²) in [7, 11) is 0. The second-order valence-electron chi connectivity index (χ2n) is 4.36. The predicted molar refractivity (Wildman–Crippen MR) is 82.2 cm³/mol. The molecule has 4 heteroatoms. The molecule has 2 rings (SSSR count). The molecule has 0 bridgehead atoms. The fourth-order valence-electron chi connectivity index (χ4n) is 1.67. The van der Waals surface area contributed by atoms with E-state index in [4.69, 9.17) is 11.6 Å². The standard InChI is InChI=1S/C15H14ClNOS/c1-10-2-5-12(9-14(10)16)17-15(18)8-11-3-6-13(19)7-4-11/h2-7,9,19H,8H2,1H3,(H,17,18). The van der Waals surface area contributed by atoms with Crippen molar-refractivity contribution in [3.05, 3.63) is 58.6 Å². The molecule has 2 aromatic carbocycles. The van der Waals surface area contributed by atoms with Gasteiger partial charge in [0.25, 0.3) is 0 Å². The molecule has 0 atom stereocenters. The van der Waals surface area contributed by atoms with Crippen LogP contribution in [0.4, 0.5) is 5.69 Å². The van der Waals surface area contributed by atoms with Gasteiger partial charge < -0.3 is 5.32 Å². The van der Waals surface area contributed by atoms with Crippen molar-refractivity contribution in [3.8, 4) is 0 Å². The van der Waals surface area contributed by atoms with Crippen LogP contribution in [0, 0.1) is 6.92 Å². The predicted octanol–water partition coefficient (Wildman–Crippen LogP) is 4.12. The van der Waals surface area contributed by atoms with Gasteiger partial charge in [0.15, 0.2) is 0 Å². The van der Waals surface area contributed by atoms with Gasteiger partial charge in [-0.1, -0.05) is 29.8 Å². The average molecular weight is 292 g/mol. The van der Waals surface area contributed by atoms with Gasteiger partial charge in [-0.25, -0.2) is 0 Å². The van der Waals surface area contributed by atoms with Crippen LogP contribution in [0.25, 0.3) is 0 Å². The molecule has 0 spiro atoms. The molecule has 0 aromatic heterocycles. The molecular formula is C15H14ClNOS. The molecule has 98 valence electrons. The van der Waals surface area contributed by atoms with Gasteiger partial charge in [-0.3, -0.25) is 4.79 Å². The number of amides is 1. The summed E-state index contributed by atoms with van der Waals surface area (Å²) in [4.78, 5) is 12.8. The van der Waals surface area contributed by atoms with E-state index in [1.165, 1.54) is 0 Å². The lowest BCUT2D eigenvalue weighted by atomic mass is 10.1. The Bertz CT molecular complexity index is 596. The number of thiol groups is 1. The maximum Gasteiger partial charge on any atom is 0.228 e. The lowest BCUT2D eigenvalue weighted by molar-refractivity contribution is -0.115. The Morgan fingerprint density at radius 1 is 1.21 bits per heavy atom. The number of nitrogens with one attached hydrogen (secondary N) is 1. The highest BCUT2D eigenvalue weighted by Crippen LogP contribution is 2.20. The van der Waals surface area contributed by atoms with Crippen LogP contribution in [0.3, 0.4) is 0 Å². The number of halogens is 1. The van der Waals surface area contributed by atoms with Crippen LogP contribution >= 0.6 is 24.2 Å². The molecule has 0 unspecified atom stereocenters. The number of hydrogen-bond acceptors (Lipinski definition) is 2. The Hall–Kier alpha value is -1.45. The van der Waals surface area contributed by atoms with Crippen LogP contribution in [0.5, 0.6) is 0 Å². The Morgan fingerprint density at radius 2 is 1.89 bits per heavy atom. The smallest absolute Gasteiger partial charge is 0.228 e. The van der Waals surface area contributed by atoms with Gasteiger partial charge in [0.2, 0.25) is 5.91 Å². The highest BCUT2D eigenvalue weighted by molar-refractivity contribution is 7.80. The monoisotopic (exact) mass is 291 g/mol. The maximum absolute atomic E-state index is 11.9. The molecule has 0 saturated heterocycles. The van der Waals surface area contributed by atoms with Crippen molar-refractivity contribution in [2.75, 3.05) is 5.32 Å². The summed E-state index contributed by atoms with van der Waals surface area (Å²) >= 11 is 10.2. The zero-order chi connectivity index (χ0) is 13.8. The number of carbonyl (C=O) groups is 1. The molecular weight excluding hydrogens is 278 g/mol. The Balaban J connectivity index is 2.01. The first-order valence-corrected chi connectivity index (χ1v) is 6.71. The zero-order valence-corrected chi connectivity index (χ0v) is 12.1. The largest absolute Gasteiger partial charge is 0.326 e. The summed E-state index contributed by atoms with van der Waals surface area (Å²) in [6, 6.07) is 13.0. The SMILES string of the molecule is Cc1ccc(NC(=O)Cc2ccc(S)cc2)cc1Cl. The minimum atomic E-state index is -0.0631. The van der Waals surface area contributed by atoms with Crippen LogP contribution in [0.2, 0.25) is 5.02 Å². The topological polar surface area (TPSA) is 29.1 Å². The normalized spacial score (nSPS) is 10.3. The molecule has 0 heterocycles. The van der Waals surface area contributed by atoms with Crippen molar-refractivity contribution in [1.29, 1.82) is 0 Å². The number of hydrogen-bond donors (Lipinski definition) is 2. The highest BCUT2D eigenvalue weighted by atomic mass is 35.5. The lowest BCUT2D eigenvalue weighted by Gasteiger charge is -2.07. The van der Waals surface area contributed by atoms with E-state index in [0.29, 0.717) is 17.1 Å². The van der Waals surface area contributed by atoms with Crippen LogP contribution in [-0.2, 0) is 11.2 Å². The van der Waals surface area contributed by atoms with Crippen molar-refractivity contribution in [1.82, 2.24) is 0 Å². The van der Waals surface area contributed by atoms with Gasteiger partial charge in [-0.05, 0) is 42.3 Å². The first-order valence-electron chi connectivity index (χ1n) is 5.88. The van der Waals surface area contributed by atoms with E-state index in [2.05, 4.69) is 17.9 Å². The summed E-state index contributed by atoms with van der Waals surface area (Å²) in [6.07, 6.45) is 0.333. The van der Waals surface area contributed by atoms with Crippen molar-refractivity contribution in [3.63, 3.8) is 0 Å². The Morgan fingerprint density at radius 3 is 2.53 bits per heavy atom. The van der Waals surface area contributed by atoms with Crippen molar-refractivity contribution in [2.24, 2.45) is 0 Å². The van der Waals surface area contributed by atoms with E-state index in [0.717, 1.165) is 16.0 Å². The minimum absolute atomic E-state index is 0.0631. The van der Waals surface area contributed by atoms with Crippen molar-refractivity contribution < 1.29 is 4.79 Å². The molecule has 2 nitrogen and oxygen atoms in total. The lowest BCUT2D eigenvalue weighted by Crippen LogP contribution is -2.14. The first-order chi connectivity index (χ1) is 9.04. The molecule has 2 aromatic rings. The van der Waals surface area contributed by atoms with Crippen molar-refractivity contribution >= 4 is 35.8 Å². The summed E-state index contributed by atoms with van der Waals surface area (Å²) in [5.74, 6) is -0.0631. The summed E-state index contributed by atoms with van der Waals surface area (Å²) in [5, 5.41) is 3.48. The third-order valence-corrected chi connectivity index (χ3v) is 3.46. The molecule has 0 radical (unpaired) electrons. The van der Waals surface area contributed by atoms with Gasteiger partial charge in [-0.2, -0.15) is 0 Å². The maximum atomic E-state index is 11.9. The van der Waals surface area contributed by atoms with E-state index in [-0.39, 0.29) is 5.91 Å². The molecule has 1 N–H and O–H groups in total. The van der Waals surface area contributed by atoms with Crippen molar-refractivity contribution in [2.45, 2.75) is 18.2 Å². The second kappa shape index (κ2) is 6.13. The first kappa shape index (κ1) is 14.0. The Labute approximate surface area is 123 Å². The molecule has 0 aliphatic rings. The average Bonchev–Trinajstić information content (AvgIpc) is 2.37. The van der Waals surface area contributed by atoms with Gasteiger partial charge >= 0.3 is 0 Å². The molecule has 1 amide bonds. The molecule has 0 aliphatic carbocycles. The summed E-state index contributed by atoms with van der Waals surface area (Å²) in [5.41, 5.74) is 2.66. The summed E-state index contributed by atoms with van der Waals surface area (Å²) < 4.78 is 0. The number of rotatable bonds is 3. The van der Waals surface area contributed by atoms with Gasteiger partial charge in [0.05, 0.1) is 6.42 Å². The third kappa shape index (κ3) is 4.01. The highest BCUT2D eigenvalue weighted by Gasteiger charge is 2.05. The van der Waals surface area contributed by atoms with Gasteiger partial charge in [0, 0.05) is 15.6 Å². The zero-order valence-electron chi connectivity index (χ0n) is 10.5. The van der Waals surface area contributed by atoms with Crippen LogP contribution in [0.15, 0.2) is 47.4 Å². The number of benzene rings is 2. The minimum Gasteiger partial charge on any atom is -0.326 e. The van der Waals surface area contributed by atoms with Crippen LogP contribution < -0.4 is 5.32 Å². The van der Waals surface area contributed by atoms with E-state index in [1.54, 1.807) is 6.07 Å². The molecule has 0 fully saturated rings. The molecule has 0 saturated carbocycles. The van der Waals surface area contributed by atoms with Crippen LogP contribution in [0.1, 0.15) is 11.1 Å². The van der Waals surface area contributed by atoms with E-state index in [1.807, 2.05) is 43.3 Å². The summed E-state index contributed by atoms with van der Waals surface area (Å²) in [6.45, 7) is 1.92. The van der Waals surface area contributed by atoms with Gasteiger partial charge in [-0.15, -0.1) is 12.6 Å². The molecule has 0 aliphatic heterocycles.